The molecule has 2 aromatic heterocycles. The Labute approximate surface area is 170 Å². The molecule has 0 aliphatic heterocycles. The Morgan fingerprint density at radius 2 is 1.76 bits per heavy atom. The minimum atomic E-state index is -0.0257. The number of hydrogen-bond acceptors (Lipinski definition) is 4. The number of nitrogens with one attached hydrogen (secondary N) is 1. The summed E-state index contributed by atoms with van der Waals surface area (Å²) in [6.07, 6.45) is 3.39. The minimum Gasteiger partial charge on any atom is -0.338 e. The molecule has 0 radical (unpaired) electrons. The molecule has 0 spiro atoms. The second-order valence-corrected chi connectivity index (χ2v) is 6.74. The molecule has 0 saturated heterocycles. The lowest BCUT2D eigenvalue weighted by Crippen LogP contribution is -2.30. The number of nitrogens with zero attached hydrogens (tertiary/aromatic N) is 3. The largest absolute Gasteiger partial charge is 0.338 e. The van der Waals surface area contributed by atoms with Crippen LogP contribution in [0.2, 0.25) is 0 Å². The molecule has 0 fully saturated rings. The molecule has 0 bridgehead atoms. The maximum atomic E-state index is 12.9. The Balaban J connectivity index is 1.50. The number of fused-ring (bicyclic) bond motifs is 1. The quantitative estimate of drug-likeness (QED) is 0.508. The van der Waals surface area contributed by atoms with Crippen molar-refractivity contribution in [2.24, 2.45) is 0 Å². The number of carbonyl (C=O) groups is 1. The molecule has 4 aromatic rings. The first-order valence-corrected chi connectivity index (χ1v) is 9.64. The summed E-state index contributed by atoms with van der Waals surface area (Å²) < 4.78 is 0. The minimum absolute atomic E-state index is 0.0257. The maximum Gasteiger partial charge on any atom is 0.255 e. The van der Waals surface area contributed by atoms with Gasteiger partial charge in [0.15, 0.2) is 0 Å². The summed E-state index contributed by atoms with van der Waals surface area (Å²) in [5.74, 6) is 0.646. The van der Waals surface area contributed by atoms with Gasteiger partial charge >= 0.3 is 0 Å². The lowest BCUT2D eigenvalue weighted by Gasteiger charge is -2.21. The van der Waals surface area contributed by atoms with E-state index in [0.717, 1.165) is 22.2 Å². The molecule has 0 aliphatic rings. The monoisotopic (exact) mass is 382 g/mol. The maximum absolute atomic E-state index is 12.9. The number of pyridine rings is 2. The van der Waals surface area contributed by atoms with E-state index in [-0.39, 0.29) is 5.91 Å². The van der Waals surface area contributed by atoms with Gasteiger partial charge in [0.25, 0.3) is 5.91 Å². The molecule has 0 aliphatic carbocycles. The molecule has 0 saturated carbocycles. The van der Waals surface area contributed by atoms with E-state index < -0.39 is 0 Å². The van der Waals surface area contributed by atoms with Crippen molar-refractivity contribution in [2.75, 3.05) is 11.9 Å². The van der Waals surface area contributed by atoms with Crippen molar-refractivity contribution < 1.29 is 4.79 Å². The predicted molar refractivity (Wildman–Crippen MR) is 116 cm³/mol. The summed E-state index contributed by atoms with van der Waals surface area (Å²) in [6.45, 7) is 3.20. The molecule has 5 heteroatoms. The van der Waals surface area contributed by atoms with E-state index >= 15 is 0 Å². The van der Waals surface area contributed by atoms with Gasteiger partial charge in [0.05, 0.1) is 16.8 Å². The SMILES string of the molecule is CCN(Cc1ccccc1)C(=O)c1ccc(Nc2cccc3cccnc23)nc1. The number of para-hydroxylation sites is 1. The molecule has 5 nitrogen and oxygen atoms in total. The van der Waals surface area contributed by atoms with Gasteiger partial charge in [-0.25, -0.2) is 4.98 Å². The first kappa shape index (κ1) is 18.6. The molecule has 2 heterocycles. The fraction of sp³-hybridized carbons (Fsp3) is 0.125. The van der Waals surface area contributed by atoms with Gasteiger partial charge in [-0.2, -0.15) is 0 Å². The first-order valence-electron chi connectivity index (χ1n) is 9.64. The zero-order valence-corrected chi connectivity index (χ0v) is 16.2. The van der Waals surface area contributed by atoms with E-state index in [1.165, 1.54) is 0 Å². The Morgan fingerprint density at radius 3 is 2.52 bits per heavy atom. The summed E-state index contributed by atoms with van der Waals surface area (Å²) in [6, 6.07) is 23.5. The second kappa shape index (κ2) is 8.52. The normalized spacial score (nSPS) is 10.7. The third kappa shape index (κ3) is 4.24. The number of benzene rings is 2. The Hall–Kier alpha value is -3.73. The van der Waals surface area contributed by atoms with E-state index in [1.807, 2.05) is 84.6 Å². The molecular formula is C24H22N4O. The highest BCUT2D eigenvalue weighted by Gasteiger charge is 2.15. The average molecular weight is 382 g/mol. The summed E-state index contributed by atoms with van der Waals surface area (Å²) in [5.41, 5.74) is 3.45. The third-order valence-electron chi connectivity index (χ3n) is 4.79. The molecular weight excluding hydrogens is 360 g/mol. The van der Waals surface area contributed by atoms with Crippen molar-refractivity contribution in [1.82, 2.24) is 14.9 Å². The van der Waals surface area contributed by atoms with Gasteiger partial charge in [-0.15, -0.1) is 0 Å². The lowest BCUT2D eigenvalue weighted by molar-refractivity contribution is 0.0752. The molecule has 2 aromatic carbocycles. The highest BCUT2D eigenvalue weighted by Crippen LogP contribution is 2.23. The van der Waals surface area contributed by atoms with E-state index in [2.05, 4.69) is 15.3 Å². The molecule has 0 unspecified atom stereocenters. The van der Waals surface area contributed by atoms with Crippen LogP contribution in [-0.2, 0) is 6.54 Å². The van der Waals surface area contributed by atoms with Gasteiger partial charge in [-0.3, -0.25) is 9.78 Å². The van der Waals surface area contributed by atoms with E-state index in [1.54, 1.807) is 12.4 Å². The third-order valence-corrected chi connectivity index (χ3v) is 4.79. The van der Waals surface area contributed by atoms with Crippen LogP contribution in [0, 0.1) is 0 Å². The zero-order chi connectivity index (χ0) is 20.1. The van der Waals surface area contributed by atoms with Crippen LogP contribution in [0.15, 0.2) is 85.2 Å². The van der Waals surface area contributed by atoms with Crippen molar-refractivity contribution in [3.8, 4) is 0 Å². The molecule has 4 rings (SSSR count). The van der Waals surface area contributed by atoms with Gasteiger partial charge in [-0.05, 0) is 36.8 Å². The van der Waals surface area contributed by atoms with Gasteiger partial charge in [0.2, 0.25) is 0 Å². The number of carbonyl (C=O) groups excluding carboxylic acids is 1. The Kier molecular flexibility index (Phi) is 5.47. The molecule has 0 atom stereocenters. The number of rotatable bonds is 6. The first-order chi connectivity index (χ1) is 14.2. The van der Waals surface area contributed by atoms with Crippen LogP contribution in [0.25, 0.3) is 10.9 Å². The molecule has 1 amide bonds. The van der Waals surface area contributed by atoms with Gasteiger partial charge < -0.3 is 10.2 Å². The van der Waals surface area contributed by atoms with Crippen LogP contribution in [0.4, 0.5) is 11.5 Å². The second-order valence-electron chi connectivity index (χ2n) is 6.74. The van der Waals surface area contributed by atoms with Crippen molar-refractivity contribution in [3.63, 3.8) is 0 Å². The summed E-state index contributed by atoms with van der Waals surface area (Å²) >= 11 is 0. The highest BCUT2D eigenvalue weighted by atomic mass is 16.2. The van der Waals surface area contributed by atoms with Gasteiger partial charge in [-0.1, -0.05) is 48.5 Å². The average Bonchev–Trinajstić information content (AvgIpc) is 2.78. The summed E-state index contributed by atoms with van der Waals surface area (Å²) in [4.78, 5) is 23.6. The van der Waals surface area contributed by atoms with Gasteiger partial charge in [0, 0.05) is 30.9 Å². The van der Waals surface area contributed by atoms with E-state index in [0.29, 0.717) is 24.5 Å². The predicted octanol–water partition coefficient (Wildman–Crippen LogP) is 5.04. The molecule has 1 N–H and O–H groups in total. The van der Waals surface area contributed by atoms with Crippen LogP contribution >= 0.6 is 0 Å². The van der Waals surface area contributed by atoms with Crippen LogP contribution in [0.3, 0.4) is 0 Å². The van der Waals surface area contributed by atoms with Crippen LogP contribution < -0.4 is 5.32 Å². The zero-order valence-electron chi connectivity index (χ0n) is 16.2. The van der Waals surface area contributed by atoms with Crippen molar-refractivity contribution in [3.05, 3.63) is 96.3 Å². The molecule has 29 heavy (non-hydrogen) atoms. The van der Waals surface area contributed by atoms with Crippen LogP contribution in [-0.4, -0.2) is 27.3 Å². The Morgan fingerprint density at radius 1 is 0.931 bits per heavy atom. The van der Waals surface area contributed by atoms with Crippen molar-refractivity contribution in [1.29, 1.82) is 0 Å². The number of hydrogen-bond donors (Lipinski definition) is 1. The summed E-state index contributed by atoms with van der Waals surface area (Å²) in [5, 5.41) is 4.36. The topological polar surface area (TPSA) is 58.1 Å². The highest BCUT2D eigenvalue weighted by molar-refractivity contribution is 5.94. The smallest absolute Gasteiger partial charge is 0.255 e. The fourth-order valence-corrected chi connectivity index (χ4v) is 3.25. The number of aromatic nitrogens is 2. The van der Waals surface area contributed by atoms with Crippen molar-refractivity contribution in [2.45, 2.75) is 13.5 Å². The fourth-order valence-electron chi connectivity index (χ4n) is 3.25. The summed E-state index contributed by atoms with van der Waals surface area (Å²) in [7, 11) is 0. The van der Waals surface area contributed by atoms with Crippen LogP contribution in [0.1, 0.15) is 22.8 Å². The van der Waals surface area contributed by atoms with Crippen LogP contribution in [0.5, 0.6) is 0 Å². The number of amides is 1. The van der Waals surface area contributed by atoms with E-state index in [4.69, 9.17) is 0 Å². The lowest BCUT2D eigenvalue weighted by atomic mass is 10.2. The number of anilines is 2. The van der Waals surface area contributed by atoms with Crippen molar-refractivity contribution >= 4 is 28.3 Å². The molecule has 144 valence electrons. The van der Waals surface area contributed by atoms with Gasteiger partial charge in [0.1, 0.15) is 5.82 Å². The standard InChI is InChI=1S/C24H22N4O/c1-2-28(17-18-8-4-3-5-9-18)24(29)20-13-14-22(26-16-20)27-21-12-6-10-19-11-7-15-25-23(19)21/h3-16H,2,17H2,1H3,(H,26,27). The van der Waals surface area contributed by atoms with E-state index in [9.17, 15) is 4.79 Å². The Bertz CT molecular complexity index is 1110.